The Morgan fingerprint density at radius 2 is 1.88 bits per heavy atom. The van der Waals surface area contributed by atoms with Gasteiger partial charge in [-0.1, -0.05) is 60.4 Å². The van der Waals surface area contributed by atoms with Crippen molar-refractivity contribution in [1.82, 2.24) is 15.1 Å². The van der Waals surface area contributed by atoms with E-state index in [9.17, 15) is 13.2 Å². The van der Waals surface area contributed by atoms with E-state index < -0.39 is 10.0 Å². The van der Waals surface area contributed by atoms with E-state index in [-0.39, 0.29) is 15.9 Å². The van der Waals surface area contributed by atoms with Gasteiger partial charge in [0, 0.05) is 23.7 Å². The number of rotatable bonds is 8. The predicted molar refractivity (Wildman–Crippen MR) is 139 cm³/mol. The first-order valence-electron chi connectivity index (χ1n) is 10.9. The molecule has 1 aliphatic heterocycles. The maximum atomic E-state index is 13.2. The summed E-state index contributed by atoms with van der Waals surface area (Å²) in [5.41, 5.74) is 1.57. The molecule has 0 unspecified atom stereocenters. The van der Waals surface area contributed by atoms with Gasteiger partial charge in [0.1, 0.15) is 0 Å². The molecular weight excluding hydrogens is 509 g/mol. The van der Waals surface area contributed by atoms with Gasteiger partial charge in [-0.05, 0) is 48.8 Å². The van der Waals surface area contributed by atoms with Crippen LogP contribution in [-0.4, -0.2) is 48.8 Å². The van der Waals surface area contributed by atoms with Gasteiger partial charge in [0.15, 0.2) is 4.34 Å². The second kappa shape index (κ2) is 11.1. The first-order valence-corrected chi connectivity index (χ1v) is 15.4. The second-order valence-corrected chi connectivity index (χ2v) is 12.8. The van der Waals surface area contributed by atoms with Crippen molar-refractivity contribution in [1.29, 1.82) is 0 Å². The van der Waals surface area contributed by atoms with Crippen LogP contribution in [-0.2, 0) is 15.8 Å². The van der Waals surface area contributed by atoms with Crippen LogP contribution in [0.3, 0.4) is 0 Å². The van der Waals surface area contributed by atoms with Gasteiger partial charge in [-0.2, -0.15) is 0 Å². The van der Waals surface area contributed by atoms with Crippen LogP contribution in [0.5, 0.6) is 0 Å². The summed E-state index contributed by atoms with van der Waals surface area (Å²) in [5, 5.41) is 8.28. The number of benzene rings is 2. The molecule has 34 heavy (non-hydrogen) atoms. The van der Waals surface area contributed by atoms with Crippen molar-refractivity contribution >= 4 is 55.9 Å². The molecule has 1 saturated heterocycles. The molecule has 4 rings (SSSR count). The van der Waals surface area contributed by atoms with E-state index in [1.54, 1.807) is 6.07 Å². The van der Waals surface area contributed by atoms with E-state index in [1.807, 2.05) is 41.5 Å². The van der Waals surface area contributed by atoms with Crippen LogP contribution >= 0.6 is 34.9 Å². The second-order valence-electron chi connectivity index (χ2n) is 8.09. The molecule has 1 N–H and O–H groups in total. The number of likely N-dealkylation sites (tertiary alicyclic amines) is 1. The molecule has 3 aromatic rings. The highest BCUT2D eigenvalue weighted by atomic mass is 32.2. The zero-order valence-electron chi connectivity index (χ0n) is 18.9. The number of hydrogen-bond donors (Lipinski definition) is 1. The maximum Gasteiger partial charge on any atom is 0.263 e. The minimum absolute atomic E-state index is 0.0349. The van der Waals surface area contributed by atoms with Gasteiger partial charge >= 0.3 is 0 Å². The van der Waals surface area contributed by atoms with Gasteiger partial charge in [-0.25, -0.2) is 8.42 Å². The summed E-state index contributed by atoms with van der Waals surface area (Å²) in [6.07, 6.45) is 3.80. The van der Waals surface area contributed by atoms with Crippen LogP contribution in [0, 0.1) is 5.92 Å². The van der Waals surface area contributed by atoms with Crippen molar-refractivity contribution in [2.45, 2.75) is 39.6 Å². The minimum Gasteiger partial charge on any atom is -0.339 e. The van der Waals surface area contributed by atoms with E-state index in [4.69, 9.17) is 0 Å². The van der Waals surface area contributed by atoms with Crippen molar-refractivity contribution in [3.8, 4) is 0 Å². The van der Waals surface area contributed by atoms with Gasteiger partial charge in [-0.3, -0.25) is 9.52 Å². The lowest BCUT2D eigenvalue weighted by Crippen LogP contribution is -2.38. The monoisotopic (exact) mass is 534 g/mol. The molecule has 0 bridgehead atoms. The highest BCUT2D eigenvalue weighted by Gasteiger charge is 2.26. The molecule has 0 radical (unpaired) electrons. The van der Waals surface area contributed by atoms with Gasteiger partial charge < -0.3 is 4.90 Å². The fraction of sp³-hybridized carbons (Fsp3) is 0.348. The average molecular weight is 535 g/mol. The number of piperidine rings is 1. The Bertz CT molecular complexity index is 1240. The van der Waals surface area contributed by atoms with Crippen LogP contribution in [0.4, 0.5) is 5.13 Å². The summed E-state index contributed by atoms with van der Waals surface area (Å²) < 4.78 is 29.3. The van der Waals surface area contributed by atoms with Crippen LogP contribution in [0.25, 0.3) is 0 Å². The van der Waals surface area contributed by atoms with Gasteiger partial charge in [-0.15, -0.1) is 22.0 Å². The molecule has 2 heterocycles. The van der Waals surface area contributed by atoms with E-state index in [0.717, 1.165) is 29.1 Å². The third-order valence-corrected chi connectivity index (χ3v) is 9.92. The fourth-order valence-corrected chi connectivity index (χ4v) is 7.14. The van der Waals surface area contributed by atoms with Gasteiger partial charge in [0.2, 0.25) is 5.13 Å². The standard InChI is InChI=1S/C23H26N4O3S4/c1-16-10-12-27(13-11-16)21(28)19-14-18(8-9-20(19)31-2)34(29,30)26-22-24-25-23(33-22)32-15-17-6-4-3-5-7-17/h3-9,14,16H,10-13,15H2,1-2H3,(H,24,26). The van der Waals surface area contributed by atoms with E-state index in [1.165, 1.54) is 47.0 Å². The SMILES string of the molecule is CSc1ccc(S(=O)(=O)Nc2nnc(SCc3ccccc3)s2)cc1C(=O)N1CCC(C)CC1. The molecular formula is C23H26N4O3S4. The summed E-state index contributed by atoms with van der Waals surface area (Å²) in [7, 11) is -3.92. The van der Waals surface area contributed by atoms with Gasteiger partial charge in [0.05, 0.1) is 10.5 Å². The summed E-state index contributed by atoms with van der Waals surface area (Å²) in [5.74, 6) is 1.20. The number of anilines is 1. The van der Waals surface area contributed by atoms with E-state index >= 15 is 0 Å². The van der Waals surface area contributed by atoms with Crippen molar-refractivity contribution in [2.24, 2.45) is 5.92 Å². The van der Waals surface area contributed by atoms with Gasteiger partial charge in [0.25, 0.3) is 15.9 Å². The molecule has 11 heteroatoms. The molecule has 180 valence electrons. The Morgan fingerprint density at radius 3 is 2.59 bits per heavy atom. The topological polar surface area (TPSA) is 92.3 Å². The number of nitrogens with zero attached hydrogens (tertiary/aromatic N) is 3. The zero-order valence-corrected chi connectivity index (χ0v) is 22.2. The number of carbonyl (C=O) groups is 1. The number of thioether (sulfide) groups is 2. The lowest BCUT2D eigenvalue weighted by atomic mass is 9.98. The number of hydrogen-bond acceptors (Lipinski definition) is 8. The number of nitrogens with one attached hydrogen (secondary N) is 1. The summed E-state index contributed by atoms with van der Waals surface area (Å²) in [6, 6.07) is 14.7. The Kier molecular flexibility index (Phi) is 8.18. The zero-order chi connectivity index (χ0) is 24.1. The third kappa shape index (κ3) is 6.12. The minimum atomic E-state index is -3.92. The van der Waals surface area contributed by atoms with Crippen LogP contribution in [0.1, 0.15) is 35.7 Å². The summed E-state index contributed by atoms with van der Waals surface area (Å²) >= 11 is 4.12. The molecule has 1 fully saturated rings. The Hall–Kier alpha value is -2.08. The molecule has 2 aromatic carbocycles. The fourth-order valence-electron chi connectivity index (χ4n) is 3.61. The van der Waals surface area contributed by atoms with E-state index in [0.29, 0.717) is 28.9 Å². The molecule has 0 aliphatic carbocycles. The Balaban J connectivity index is 1.48. The first-order chi connectivity index (χ1) is 16.4. The number of carbonyl (C=O) groups excluding carboxylic acids is 1. The summed E-state index contributed by atoms with van der Waals surface area (Å²) in [4.78, 5) is 15.8. The predicted octanol–water partition coefficient (Wildman–Crippen LogP) is 5.23. The van der Waals surface area contributed by atoms with Crippen LogP contribution in [0.15, 0.2) is 62.7 Å². The molecule has 0 saturated carbocycles. The number of amides is 1. The molecule has 1 aromatic heterocycles. The largest absolute Gasteiger partial charge is 0.339 e. The number of sulfonamides is 1. The van der Waals surface area contributed by atoms with Crippen LogP contribution < -0.4 is 4.72 Å². The molecule has 7 nitrogen and oxygen atoms in total. The highest BCUT2D eigenvalue weighted by molar-refractivity contribution is 8.00. The molecule has 1 aliphatic rings. The van der Waals surface area contributed by atoms with E-state index in [2.05, 4.69) is 21.8 Å². The molecule has 0 spiro atoms. The quantitative estimate of drug-likeness (QED) is 0.396. The lowest BCUT2D eigenvalue weighted by molar-refractivity contribution is 0.0693. The normalized spacial score (nSPS) is 14.8. The Labute approximate surface area is 212 Å². The number of aromatic nitrogens is 2. The molecule has 0 atom stereocenters. The highest BCUT2D eigenvalue weighted by Crippen LogP contribution is 2.31. The first kappa shape index (κ1) is 25.0. The van der Waals surface area contributed by atoms with Crippen LogP contribution in [0.2, 0.25) is 0 Å². The van der Waals surface area contributed by atoms with Crippen molar-refractivity contribution in [3.05, 3.63) is 59.7 Å². The van der Waals surface area contributed by atoms with Crippen molar-refractivity contribution < 1.29 is 13.2 Å². The van der Waals surface area contributed by atoms with Crippen molar-refractivity contribution in [3.63, 3.8) is 0 Å². The smallest absolute Gasteiger partial charge is 0.263 e. The summed E-state index contributed by atoms with van der Waals surface area (Å²) in [6.45, 7) is 3.57. The third-order valence-electron chi connectivity index (χ3n) is 5.62. The lowest BCUT2D eigenvalue weighted by Gasteiger charge is -2.30. The Morgan fingerprint density at radius 1 is 1.15 bits per heavy atom. The average Bonchev–Trinajstić information content (AvgIpc) is 3.29. The molecule has 1 amide bonds. The maximum absolute atomic E-state index is 13.2. The van der Waals surface area contributed by atoms with Crippen molar-refractivity contribution in [2.75, 3.05) is 24.1 Å².